The van der Waals surface area contributed by atoms with Crippen LogP contribution < -0.4 is 9.47 Å². The van der Waals surface area contributed by atoms with Gasteiger partial charge in [0.1, 0.15) is 17.5 Å². The Hall–Kier alpha value is -2.79. The Morgan fingerprint density at radius 3 is 1.29 bits per heavy atom. The van der Waals surface area contributed by atoms with Crippen molar-refractivity contribution < 1.29 is 19.4 Å². The molecule has 5 heteroatoms. The number of likely N-dealkylation sites (N-methyl/N-ethyl adjacent to an activating group) is 1. The van der Waals surface area contributed by atoms with Crippen LogP contribution in [-0.2, 0) is 11.2 Å². The van der Waals surface area contributed by atoms with E-state index in [1.165, 1.54) is 116 Å². The van der Waals surface area contributed by atoms with E-state index in [1.54, 1.807) is 4.90 Å². The largest absolute Gasteiger partial charge is 0.493 e. The van der Waals surface area contributed by atoms with E-state index in [-0.39, 0.29) is 0 Å². The summed E-state index contributed by atoms with van der Waals surface area (Å²) < 4.78 is 12.4. The molecule has 0 saturated carbocycles. The van der Waals surface area contributed by atoms with E-state index in [0.717, 1.165) is 55.6 Å². The van der Waals surface area contributed by atoms with Gasteiger partial charge in [0, 0.05) is 6.07 Å². The molecule has 296 valence electrons. The molecular weight excluding hydrogens is 643 g/mol. The van der Waals surface area contributed by atoms with Gasteiger partial charge in [-0.1, -0.05) is 140 Å². The van der Waals surface area contributed by atoms with Gasteiger partial charge in [-0.2, -0.15) is 0 Å². The molecule has 0 heterocycles. The molecular formula is C47H79NO4. The first-order chi connectivity index (χ1) is 25.5. The van der Waals surface area contributed by atoms with Gasteiger partial charge in [-0.05, 0) is 115 Å². The second-order valence-electron chi connectivity index (χ2n) is 14.7. The predicted octanol–water partition coefficient (Wildman–Crippen LogP) is 13.6. The van der Waals surface area contributed by atoms with Gasteiger partial charge in [0.25, 0.3) is 0 Å². The minimum Gasteiger partial charge on any atom is -0.493 e. The summed E-state index contributed by atoms with van der Waals surface area (Å²) in [4.78, 5) is 13.6. The molecule has 5 nitrogen and oxygen atoms in total. The third-order valence-corrected chi connectivity index (χ3v) is 9.50. The summed E-state index contributed by atoms with van der Waals surface area (Å²) in [7, 11) is 3.63. The van der Waals surface area contributed by atoms with E-state index in [1.807, 2.05) is 32.3 Å². The Kier molecular flexibility index (Phi) is 32.0. The topological polar surface area (TPSA) is 59.0 Å². The van der Waals surface area contributed by atoms with Crippen molar-refractivity contribution in [3.63, 3.8) is 0 Å². The average Bonchev–Trinajstić information content (AvgIpc) is 3.13. The molecule has 0 aliphatic carbocycles. The Balaban J connectivity index is 2.32. The van der Waals surface area contributed by atoms with Crippen LogP contribution in [0.5, 0.6) is 11.5 Å². The Morgan fingerprint density at radius 1 is 0.558 bits per heavy atom. The maximum Gasteiger partial charge on any atom is 0.321 e. The molecule has 0 amide bonds. The first-order valence-corrected chi connectivity index (χ1v) is 21.4. The fourth-order valence-electron chi connectivity index (χ4n) is 6.19. The number of carboxylic acids is 1. The van der Waals surface area contributed by atoms with E-state index in [4.69, 9.17) is 9.47 Å². The number of hydrogen-bond acceptors (Lipinski definition) is 4. The summed E-state index contributed by atoms with van der Waals surface area (Å²) in [6.45, 7) is 5.84. The second-order valence-corrected chi connectivity index (χ2v) is 14.7. The van der Waals surface area contributed by atoms with Gasteiger partial charge in [0.05, 0.1) is 13.2 Å². The lowest BCUT2D eigenvalue weighted by molar-refractivity contribution is -0.142. The maximum atomic E-state index is 11.9. The van der Waals surface area contributed by atoms with Crippen LogP contribution in [0.15, 0.2) is 66.8 Å². The molecule has 0 aliphatic rings. The van der Waals surface area contributed by atoms with Gasteiger partial charge in [-0.25, -0.2) is 0 Å². The molecule has 1 atom stereocenters. The molecule has 1 rings (SSSR count). The van der Waals surface area contributed by atoms with Gasteiger partial charge < -0.3 is 14.6 Å². The summed E-state index contributed by atoms with van der Waals surface area (Å²) in [5, 5.41) is 9.76. The van der Waals surface area contributed by atoms with E-state index >= 15 is 0 Å². The number of carboxylic acid groups (broad SMARTS) is 1. The van der Waals surface area contributed by atoms with E-state index in [2.05, 4.69) is 62.5 Å². The smallest absolute Gasteiger partial charge is 0.321 e. The molecule has 0 bridgehead atoms. The molecule has 0 spiro atoms. The number of benzene rings is 1. The lowest BCUT2D eigenvalue weighted by Crippen LogP contribution is -2.37. The zero-order valence-electron chi connectivity index (χ0n) is 34.1. The molecule has 1 unspecified atom stereocenters. The minimum absolute atomic E-state index is 0.408. The first-order valence-electron chi connectivity index (χ1n) is 21.4. The van der Waals surface area contributed by atoms with Crippen LogP contribution in [0.4, 0.5) is 0 Å². The van der Waals surface area contributed by atoms with Crippen LogP contribution in [-0.4, -0.2) is 49.3 Å². The third kappa shape index (κ3) is 28.8. The van der Waals surface area contributed by atoms with Gasteiger partial charge >= 0.3 is 5.97 Å². The fraction of sp³-hybridized carbons (Fsp3) is 0.681. The van der Waals surface area contributed by atoms with Crippen molar-refractivity contribution in [2.24, 2.45) is 0 Å². The highest BCUT2D eigenvalue weighted by molar-refractivity contribution is 5.74. The van der Waals surface area contributed by atoms with Crippen molar-refractivity contribution in [3.8, 4) is 11.5 Å². The van der Waals surface area contributed by atoms with Crippen molar-refractivity contribution in [1.29, 1.82) is 0 Å². The first kappa shape index (κ1) is 47.2. The molecule has 0 aromatic heterocycles. The predicted molar refractivity (Wildman–Crippen MR) is 225 cm³/mol. The fourth-order valence-corrected chi connectivity index (χ4v) is 6.19. The number of unbranched alkanes of at least 4 members (excludes halogenated alkanes) is 18. The summed E-state index contributed by atoms with van der Waals surface area (Å²) in [6.07, 6.45) is 48.2. The Labute approximate surface area is 321 Å². The van der Waals surface area contributed by atoms with Crippen molar-refractivity contribution in [1.82, 2.24) is 4.90 Å². The summed E-state index contributed by atoms with van der Waals surface area (Å²) >= 11 is 0. The van der Waals surface area contributed by atoms with Crippen LogP contribution in [0.25, 0.3) is 0 Å². The number of carbonyl (C=O) groups is 1. The number of aliphatic carboxylic acids is 1. The van der Waals surface area contributed by atoms with Gasteiger partial charge in [0.2, 0.25) is 0 Å². The van der Waals surface area contributed by atoms with E-state index in [0.29, 0.717) is 19.6 Å². The molecule has 0 fully saturated rings. The molecule has 1 N–H and O–H groups in total. The molecule has 0 radical (unpaired) electrons. The minimum atomic E-state index is -0.818. The van der Waals surface area contributed by atoms with Gasteiger partial charge in [-0.15, -0.1) is 0 Å². The molecule has 0 saturated heterocycles. The molecule has 1 aromatic rings. The highest BCUT2D eigenvalue weighted by atomic mass is 16.5. The summed E-state index contributed by atoms with van der Waals surface area (Å²) in [6, 6.07) is 5.36. The summed E-state index contributed by atoms with van der Waals surface area (Å²) in [5.74, 6) is 0.728. The van der Waals surface area contributed by atoms with Crippen LogP contribution in [0, 0.1) is 0 Å². The Bertz CT molecular complexity index is 1020. The Morgan fingerprint density at radius 2 is 0.923 bits per heavy atom. The SMILES string of the molecule is CCCCC/C=C\C/C=C\CCCCCCCCOc1cc(CC(C(=O)O)N(C)C)cc(OCCCCCCCC/C=C\C/C=C\CCCCC)c1. The molecule has 1 aromatic carbocycles. The third-order valence-electron chi connectivity index (χ3n) is 9.50. The van der Waals surface area contributed by atoms with Crippen molar-refractivity contribution in [3.05, 3.63) is 72.4 Å². The second kappa shape index (κ2) is 35.3. The molecule has 52 heavy (non-hydrogen) atoms. The van der Waals surface area contributed by atoms with Crippen LogP contribution in [0.1, 0.15) is 174 Å². The standard InChI is InChI=1S/C47H79NO4/c1-5-7-9-11-13-15-17-19-21-23-25-27-29-31-33-35-37-51-44-39-43(41-46(47(49)50)48(3)4)40-45(42-44)52-38-36-34-32-30-28-26-24-22-20-18-16-14-12-10-8-6-2/h13-16,19-22,39-40,42,46H,5-12,17-18,23-38,41H2,1-4H3,(H,49,50)/b15-13-,16-14-,21-19-,22-20-. The van der Waals surface area contributed by atoms with E-state index < -0.39 is 12.0 Å². The van der Waals surface area contributed by atoms with Crippen molar-refractivity contribution in [2.45, 2.75) is 180 Å². The number of nitrogens with zero attached hydrogens (tertiary/aromatic N) is 1. The summed E-state index contributed by atoms with van der Waals surface area (Å²) in [5.41, 5.74) is 0.933. The zero-order valence-corrected chi connectivity index (χ0v) is 34.1. The number of rotatable bonds is 36. The van der Waals surface area contributed by atoms with Crippen LogP contribution >= 0.6 is 0 Å². The number of ether oxygens (including phenoxy) is 2. The zero-order chi connectivity index (χ0) is 37.7. The van der Waals surface area contributed by atoms with Crippen LogP contribution in [0.3, 0.4) is 0 Å². The normalized spacial score (nSPS) is 12.7. The number of allylic oxidation sites excluding steroid dienone is 8. The number of hydrogen-bond donors (Lipinski definition) is 1. The van der Waals surface area contributed by atoms with Gasteiger partial charge in [-0.3, -0.25) is 9.69 Å². The van der Waals surface area contributed by atoms with Crippen molar-refractivity contribution >= 4 is 5.97 Å². The lowest BCUT2D eigenvalue weighted by Gasteiger charge is -2.21. The highest BCUT2D eigenvalue weighted by Crippen LogP contribution is 2.25. The average molecular weight is 722 g/mol. The van der Waals surface area contributed by atoms with E-state index in [9.17, 15) is 9.90 Å². The quantitative estimate of drug-likeness (QED) is 0.0552. The van der Waals surface area contributed by atoms with Gasteiger partial charge in [0.15, 0.2) is 0 Å². The maximum absolute atomic E-state index is 11.9. The lowest BCUT2D eigenvalue weighted by atomic mass is 10.0. The van der Waals surface area contributed by atoms with Crippen LogP contribution in [0.2, 0.25) is 0 Å². The van der Waals surface area contributed by atoms with Crippen molar-refractivity contribution in [2.75, 3.05) is 27.3 Å². The monoisotopic (exact) mass is 722 g/mol. The molecule has 0 aliphatic heterocycles. The highest BCUT2D eigenvalue weighted by Gasteiger charge is 2.21.